The third-order valence-electron chi connectivity index (χ3n) is 1.61. The largest absolute Gasteiger partial charge is 0.326 e. The molecule has 0 aromatic carbocycles. The maximum absolute atomic E-state index is 5.46. The Balaban J connectivity index is 2.25. The van der Waals surface area contributed by atoms with Crippen LogP contribution in [0.5, 0.6) is 0 Å². The van der Waals surface area contributed by atoms with Crippen LogP contribution in [0.15, 0.2) is 35.8 Å². The third-order valence-corrected chi connectivity index (χ3v) is 1.61. The van der Waals surface area contributed by atoms with Gasteiger partial charge in [-0.15, -0.1) is 0 Å². The lowest BCUT2D eigenvalue weighted by Crippen LogP contribution is -2.17. The molecule has 0 radical (unpaired) electrons. The molecular weight excluding hydrogens is 142 g/mol. The van der Waals surface area contributed by atoms with E-state index in [1.54, 1.807) is 11.3 Å². The second kappa shape index (κ2) is 2.41. The quantitative estimate of drug-likeness (QED) is 0.553. The highest BCUT2D eigenvalue weighted by Crippen LogP contribution is 2.18. The summed E-state index contributed by atoms with van der Waals surface area (Å²) in [6, 6.07) is 0. The number of rotatable bonds is 1. The Morgan fingerprint density at radius 2 is 2.55 bits per heavy atom. The summed E-state index contributed by atoms with van der Waals surface area (Å²) in [5.41, 5.74) is 10.2. The van der Waals surface area contributed by atoms with Gasteiger partial charge in [-0.25, -0.2) is 10.5 Å². The molecule has 0 amide bonds. The van der Waals surface area contributed by atoms with Gasteiger partial charge >= 0.3 is 0 Å². The molecule has 0 atom stereocenters. The highest BCUT2D eigenvalue weighted by atomic mass is 16.8. The van der Waals surface area contributed by atoms with Crippen LogP contribution < -0.4 is 11.2 Å². The van der Waals surface area contributed by atoms with Crippen molar-refractivity contribution in [3.63, 3.8) is 0 Å². The van der Waals surface area contributed by atoms with Crippen molar-refractivity contribution in [2.45, 2.75) is 0 Å². The summed E-state index contributed by atoms with van der Waals surface area (Å²) >= 11 is 0. The Morgan fingerprint density at radius 1 is 1.64 bits per heavy atom. The van der Waals surface area contributed by atoms with E-state index in [2.05, 4.69) is 5.48 Å². The number of allylic oxidation sites excluding steroid dienone is 1. The summed E-state index contributed by atoms with van der Waals surface area (Å²) in [7, 11) is 0. The Morgan fingerprint density at radius 3 is 3.36 bits per heavy atom. The first-order chi connectivity index (χ1) is 5.40. The van der Waals surface area contributed by atoms with E-state index in [9.17, 15) is 0 Å². The van der Waals surface area contributed by atoms with Gasteiger partial charge in [-0.3, -0.25) is 0 Å². The molecule has 4 nitrogen and oxygen atoms in total. The van der Waals surface area contributed by atoms with Crippen LogP contribution in [0.1, 0.15) is 0 Å². The zero-order valence-corrected chi connectivity index (χ0v) is 5.95. The van der Waals surface area contributed by atoms with Gasteiger partial charge < -0.3 is 5.73 Å². The lowest BCUT2D eigenvalue weighted by molar-refractivity contribution is -0.112. The molecule has 58 valence electrons. The van der Waals surface area contributed by atoms with Crippen LogP contribution in [0, 0.1) is 0 Å². The van der Waals surface area contributed by atoms with Crippen LogP contribution in [-0.2, 0) is 4.94 Å². The van der Waals surface area contributed by atoms with Crippen LogP contribution in [0.25, 0.3) is 0 Å². The number of fused-ring (bicyclic) bond motifs is 1. The number of hydrogen-bond acceptors (Lipinski definition) is 4. The molecule has 3 N–H and O–H groups in total. The van der Waals surface area contributed by atoms with Crippen molar-refractivity contribution in [2.24, 2.45) is 5.73 Å². The first-order valence-electron chi connectivity index (χ1n) is 3.41. The topological polar surface area (TPSA) is 50.5 Å². The van der Waals surface area contributed by atoms with Gasteiger partial charge in [0.05, 0.1) is 11.9 Å². The molecule has 4 heteroatoms. The fourth-order valence-electron chi connectivity index (χ4n) is 1.01. The van der Waals surface area contributed by atoms with Crippen molar-refractivity contribution in [1.82, 2.24) is 10.5 Å². The summed E-state index contributed by atoms with van der Waals surface area (Å²) in [5.74, 6) is 0. The maximum Gasteiger partial charge on any atom is 0.0897 e. The molecular formula is C7H9N3O. The van der Waals surface area contributed by atoms with Gasteiger partial charge in [0.1, 0.15) is 0 Å². The molecule has 11 heavy (non-hydrogen) atoms. The molecule has 0 aromatic rings. The van der Waals surface area contributed by atoms with E-state index in [1.807, 2.05) is 18.4 Å². The van der Waals surface area contributed by atoms with E-state index in [0.29, 0.717) is 6.54 Å². The monoisotopic (exact) mass is 151 g/mol. The van der Waals surface area contributed by atoms with Gasteiger partial charge in [-0.1, -0.05) is 0 Å². The minimum absolute atomic E-state index is 0.557. The van der Waals surface area contributed by atoms with Gasteiger partial charge in [0.25, 0.3) is 0 Å². The Hall–Kier alpha value is -1.26. The number of hydroxylamine groups is 3. The van der Waals surface area contributed by atoms with E-state index < -0.39 is 0 Å². The molecule has 0 fully saturated rings. The Labute approximate surface area is 64.5 Å². The van der Waals surface area contributed by atoms with Gasteiger partial charge in [-0.2, -0.15) is 4.94 Å². The summed E-state index contributed by atoms with van der Waals surface area (Å²) < 4.78 is 0. The predicted molar refractivity (Wildman–Crippen MR) is 40.4 cm³/mol. The third kappa shape index (κ3) is 1.02. The van der Waals surface area contributed by atoms with Crippen molar-refractivity contribution in [3.05, 3.63) is 35.8 Å². The van der Waals surface area contributed by atoms with E-state index in [0.717, 1.165) is 11.3 Å². The molecule has 0 spiro atoms. The lowest BCUT2D eigenvalue weighted by Gasteiger charge is -2.15. The highest BCUT2D eigenvalue weighted by molar-refractivity contribution is 5.35. The van der Waals surface area contributed by atoms with E-state index in [4.69, 9.17) is 10.7 Å². The standard InChI is InChI=1S/C7H9N3O/c8-4-6-1-2-10-7(3-6)5-9-11-10/h1-3,5,9H,4,8H2. The Kier molecular flexibility index (Phi) is 1.41. The molecule has 0 aromatic heterocycles. The summed E-state index contributed by atoms with van der Waals surface area (Å²) in [5, 5.41) is 1.64. The second-order valence-corrected chi connectivity index (χ2v) is 2.34. The Bertz CT molecular complexity index is 254. The number of nitrogens with two attached hydrogens (primary N) is 1. The average Bonchev–Trinajstić information content (AvgIpc) is 2.50. The molecule has 2 aliphatic rings. The van der Waals surface area contributed by atoms with Crippen LogP contribution >= 0.6 is 0 Å². The normalized spacial score (nSPS) is 20.6. The first kappa shape index (κ1) is 6.45. The molecule has 2 rings (SSSR count). The number of hydrogen-bond donors (Lipinski definition) is 2. The second-order valence-electron chi connectivity index (χ2n) is 2.34. The number of nitrogens with one attached hydrogen (secondary N) is 1. The van der Waals surface area contributed by atoms with Crippen molar-refractivity contribution < 1.29 is 4.94 Å². The van der Waals surface area contributed by atoms with Crippen LogP contribution in [0.2, 0.25) is 0 Å². The first-order valence-corrected chi connectivity index (χ1v) is 3.41. The van der Waals surface area contributed by atoms with Crippen LogP contribution in [0.3, 0.4) is 0 Å². The van der Waals surface area contributed by atoms with Crippen molar-refractivity contribution >= 4 is 0 Å². The molecule has 0 bridgehead atoms. The maximum atomic E-state index is 5.46. The van der Waals surface area contributed by atoms with Crippen molar-refractivity contribution in [1.29, 1.82) is 0 Å². The van der Waals surface area contributed by atoms with Gasteiger partial charge in [0, 0.05) is 12.7 Å². The molecule has 2 aliphatic heterocycles. The lowest BCUT2D eigenvalue weighted by atomic mass is 10.2. The molecule has 0 saturated heterocycles. The van der Waals surface area contributed by atoms with E-state index >= 15 is 0 Å². The van der Waals surface area contributed by atoms with Crippen molar-refractivity contribution in [2.75, 3.05) is 6.54 Å². The summed E-state index contributed by atoms with van der Waals surface area (Å²) in [6.07, 6.45) is 7.50. The minimum Gasteiger partial charge on any atom is -0.326 e. The predicted octanol–water partition coefficient (Wildman–Crippen LogP) is -0.00800. The van der Waals surface area contributed by atoms with Gasteiger partial charge in [-0.05, 0) is 17.7 Å². The fourth-order valence-corrected chi connectivity index (χ4v) is 1.01. The smallest absolute Gasteiger partial charge is 0.0897 e. The zero-order chi connectivity index (χ0) is 7.68. The summed E-state index contributed by atoms with van der Waals surface area (Å²) in [6.45, 7) is 0.557. The molecule has 0 aliphatic carbocycles. The fraction of sp³-hybridized carbons (Fsp3) is 0.143. The van der Waals surface area contributed by atoms with Crippen LogP contribution in [-0.4, -0.2) is 11.6 Å². The van der Waals surface area contributed by atoms with E-state index in [-0.39, 0.29) is 0 Å². The minimum atomic E-state index is 0.557. The zero-order valence-electron chi connectivity index (χ0n) is 5.95. The van der Waals surface area contributed by atoms with Crippen LogP contribution in [0.4, 0.5) is 0 Å². The summed E-state index contributed by atoms with van der Waals surface area (Å²) in [4.78, 5) is 4.97. The van der Waals surface area contributed by atoms with E-state index in [1.165, 1.54) is 0 Å². The number of nitrogens with zero attached hydrogens (tertiary/aromatic N) is 1. The molecule has 0 unspecified atom stereocenters. The van der Waals surface area contributed by atoms with Gasteiger partial charge in [0.15, 0.2) is 0 Å². The highest BCUT2D eigenvalue weighted by Gasteiger charge is 2.14. The average molecular weight is 151 g/mol. The van der Waals surface area contributed by atoms with Crippen molar-refractivity contribution in [3.8, 4) is 0 Å². The molecule has 2 heterocycles. The SMILES string of the molecule is NCC1=CC2=CNON2C=C1. The molecule has 0 saturated carbocycles. The van der Waals surface area contributed by atoms with Gasteiger partial charge in [0.2, 0.25) is 0 Å².